The fourth-order valence-electron chi connectivity index (χ4n) is 2.75. The van der Waals surface area contributed by atoms with Crippen LogP contribution in [-0.2, 0) is 6.18 Å². The van der Waals surface area contributed by atoms with Crippen molar-refractivity contribution in [3.05, 3.63) is 83.4 Å². The van der Waals surface area contributed by atoms with E-state index < -0.39 is 11.7 Å². The Morgan fingerprint density at radius 2 is 1.54 bits per heavy atom. The van der Waals surface area contributed by atoms with E-state index >= 15 is 0 Å². The third kappa shape index (κ3) is 3.32. The molecule has 0 unspecified atom stereocenters. The second kappa shape index (κ2) is 6.48. The molecule has 3 aromatic rings. The highest BCUT2D eigenvalue weighted by molar-refractivity contribution is 5.87. The van der Waals surface area contributed by atoms with Crippen molar-refractivity contribution in [2.24, 2.45) is 4.99 Å². The van der Waals surface area contributed by atoms with Crippen LogP contribution < -0.4 is 0 Å². The molecule has 0 aromatic heterocycles. The van der Waals surface area contributed by atoms with Crippen molar-refractivity contribution in [1.82, 2.24) is 0 Å². The van der Waals surface area contributed by atoms with E-state index in [1.807, 2.05) is 49.4 Å². The topological polar surface area (TPSA) is 12.4 Å². The van der Waals surface area contributed by atoms with Crippen molar-refractivity contribution in [2.45, 2.75) is 19.1 Å². The van der Waals surface area contributed by atoms with Crippen molar-refractivity contribution >= 4 is 17.0 Å². The number of benzene rings is 3. The Labute approximate surface area is 138 Å². The number of hydrogen-bond donors (Lipinski definition) is 0. The molecule has 122 valence electrons. The normalized spacial score (nSPS) is 13.5. The summed E-state index contributed by atoms with van der Waals surface area (Å²) in [6.45, 7) is 1.88. The highest BCUT2D eigenvalue weighted by Gasteiger charge is 2.32. The Kier molecular flexibility index (Phi) is 4.38. The zero-order chi connectivity index (χ0) is 17.2. The lowest BCUT2D eigenvalue weighted by Gasteiger charge is -2.12. The van der Waals surface area contributed by atoms with Crippen LogP contribution in [0.2, 0.25) is 0 Å². The molecule has 24 heavy (non-hydrogen) atoms. The van der Waals surface area contributed by atoms with Gasteiger partial charge in [-0.3, -0.25) is 4.99 Å². The minimum Gasteiger partial charge on any atom is -0.285 e. The van der Waals surface area contributed by atoms with Gasteiger partial charge in [0.25, 0.3) is 0 Å². The maximum Gasteiger partial charge on any atom is 0.417 e. The molecule has 0 N–H and O–H groups in total. The number of fused-ring (bicyclic) bond motifs is 1. The number of alkyl halides is 3. The van der Waals surface area contributed by atoms with Crippen LogP contribution in [0, 0.1) is 0 Å². The summed E-state index contributed by atoms with van der Waals surface area (Å²) >= 11 is 0. The monoisotopic (exact) mass is 327 g/mol. The molecule has 0 spiro atoms. The minimum atomic E-state index is -4.38. The first kappa shape index (κ1) is 16.2. The van der Waals surface area contributed by atoms with Gasteiger partial charge in [-0.15, -0.1) is 0 Å². The average molecular weight is 327 g/mol. The maximum absolute atomic E-state index is 13.0. The number of nitrogens with zero attached hydrogens (tertiary/aromatic N) is 1. The van der Waals surface area contributed by atoms with Gasteiger partial charge in [-0.05, 0) is 29.3 Å². The van der Waals surface area contributed by atoms with E-state index in [9.17, 15) is 13.2 Å². The van der Waals surface area contributed by atoms with E-state index in [1.54, 1.807) is 6.07 Å². The molecule has 0 saturated heterocycles. The molecule has 3 rings (SSSR count). The van der Waals surface area contributed by atoms with Gasteiger partial charge < -0.3 is 0 Å². The Morgan fingerprint density at radius 1 is 0.875 bits per heavy atom. The van der Waals surface area contributed by atoms with E-state index in [0.29, 0.717) is 0 Å². The van der Waals surface area contributed by atoms with Gasteiger partial charge >= 0.3 is 6.18 Å². The summed E-state index contributed by atoms with van der Waals surface area (Å²) in [6, 6.07) is 19.0. The Morgan fingerprint density at radius 3 is 2.33 bits per heavy atom. The molecular formula is C20H16F3N. The zero-order valence-corrected chi connectivity index (χ0v) is 13.1. The molecule has 0 amide bonds. The zero-order valence-electron chi connectivity index (χ0n) is 13.1. The summed E-state index contributed by atoms with van der Waals surface area (Å²) < 4.78 is 39.1. The molecule has 0 aliphatic rings. The Balaban J connectivity index is 1.95. The summed E-state index contributed by atoms with van der Waals surface area (Å²) in [7, 11) is 0. The van der Waals surface area contributed by atoms with E-state index in [4.69, 9.17) is 0 Å². The van der Waals surface area contributed by atoms with Crippen LogP contribution in [-0.4, -0.2) is 6.21 Å². The van der Waals surface area contributed by atoms with Crippen LogP contribution in [0.1, 0.15) is 29.7 Å². The molecule has 0 aliphatic carbocycles. The smallest absolute Gasteiger partial charge is 0.285 e. The Hall–Kier alpha value is -2.62. The van der Waals surface area contributed by atoms with Crippen molar-refractivity contribution < 1.29 is 13.2 Å². The third-order valence-corrected chi connectivity index (χ3v) is 3.98. The first-order chi connectivity index (χ1) is 11.5. The first-order valence-corrected chi connectivity index (χ1v) is 7.64. The standard InChI is InChI=1S/C20H16F3N/c1-14(17-11-6-9-15-7-2-4-10-18(15)17)24-13-16-8-3-5-12-19(16)20(21,22)23/h2-14H,1H3/t14-/m1/s1. The van der Waals surface area contributed by atoms with Gasteiger partial charge in [-0.1, -0.05) is 60.7 Å². The van der Waals surface area contributed by atoms with E-state index in [-0.39, 0.29) is 11.6 Å². The summed E-state index contributed by atoms with van der Waals surface area (Å²) in [6.07, 6.45) is -3.07. The van der Waals surface area contributed by atoms with Gasteiger partial charge in [0.2, 0.25) is 0 Å². The highest BCUT2D eigenvalue weighted by Crippen LogP contribution is 2.32. The molecule has 0 fully saturated rings. The fourth-order valence-corrected chi connectivity index (χ4v) is 2.75. The molecule has 0 radical (unpaired) electrons. The Bertz CT molecular complexity index is 876. The number of aliphatic imine (C=N–C) groups is 1. The lowest BCUT2D eigenvalue weighted by atomic mass is 10.00. The molecule has 1 atom stereocenters. The van der Waals surface area contributed by atoms with Crippen molar-refractivity contribution in [1.29, 1.82) is 0 Å². The quantitative estimate of drug-likeness (QED) is 0.520. The minimum absolute atomic E-state index is 0.0806. The maximum atomic E-state index is 13.0. The lowest BCUT2D eigenvalue weighted by Crippen LogP contribution is -2.08. The lowest BCUT2D eigenvalue weighted by molar-refractivity contribution is -0.137. The van der Waals surface area contributed by atoms with Crippen LogP contribution in [0.3, 0.4) is 0 Å². The largest absolute Gasteiger partial charge is 0.417 e. The number of halogens is 3. The second-order valence-electron chi connectivity index (χ2n) is 5.61. The van der Waals surface area contributed by atoms with Gasteiger partial charge in [0.1, 0.15) is 0 Å². The summed E-state index contributed by atoms with van der Waals surface area (Å²) in [5.74, 6) is 0. The van der Waals surface area contributed by atoms with Gasteiger partial charge in [0, 0.05) is 11.8 Å². The summed E-state index contributed by atoms with van der Waals surface area (Å²) in [5.41, 5.74) is 0.407. The predicted octanol–water partition coefficient (Wildman–Crippen LogP) is 6.04. The second-order valence-corrected chi connectivity index (χ2v) is 5.61. The highest BCUT2D eigenvalue weighted by atomic mass is 19.4. The van der Waals surface area contributed by atoms with Crippen LogP contribution in [0.5, 0.6) is 0 Å². The summed E-state index contributed by atoms with van der Waals surface area (Å²) in [5, 5.41) is 2.15. The first-order valence-electron chi connectivity index (χ1n) is 7.64. The molecule has 3 aromatic carbocycles. The third-order valence-electron chi connectivity index (χ3n) is 3.98. The molecule has 0 saturated carbocycles. The molecule has 4 heteroatoms. The number of hydrogen-bond acceptors (Lipinski definition) is 1. The molecule has 1 nitrogen and oxygen atoms in total. The van der Waals surface area contributed by atoms with Crippen LogP contribution in [0.4, 0.5) is 13.2 Å². The van der Waals surface area contributed by atoms with E-state index in [2.05, 4.69) is 4.99 Å². The predicted molar refractivity (Wildman–Crippen MR) is 91.4 cm³/mol. The van der Waals surface area contributed by atoms with Gasteiger partial charge in [0.15, 0.2) is 0 Å². The van der Waals surface area contributed by atoms with Crippen molar-refractivity contribution in [3.63, 3.8) is 0 Å². The van der Waals surface area contributed by atoms with Gasteiger partial charge in [-0.25, -0.2) is 0 Å². The summed E-state index contributed by atoms with van der Waals surface area (Å²) in [4.78, 5) is 4.36. The van der Waals surface area contributed by atoms with E-state index in [0.717, 1.165) is 22.4 Å². The van der Waals surface area contributed by atoms with Crippen molar-refractivity contribution in [2.75, 3.05) is 0 Å². The van der Waals surface area contributed by atoms with Gasteiger partial charge in [-0.2, -0.15) is 13.2 Å². The number of rotatable bonds is 3. The van der Waals surface area contributed by atoms with E-state index in [1.165, 1.54) is 18.3 Å². The molecular weight excluding hydrogens is 311 g/mol. The van der Waals surface area contributed by atoms with Crippen LogP contribution in [0.15, 0.2) is 71.7 Å². The molecule has 0 bridgehead atoms. The van der Waals surface area contributed by atoms with Crippen LogP contribution >= 0.6 is 0 Å². The molecule has 0 aliphatic heterocycles. The van der Waals surface area contributed by atoms with Gasteiger partial charge in [0.05, 0.1) is 11.6 Å². The average Bonchev–Trinajstić information content (AvgIpc) is 2.58. The molecule has 0 heterocycles. The van der Waals surface area contributed by atoms with Crippen molar-refractivity contribution in [3.8, 4) is 0 Å². The SMILES string of the molecule is C[C@@H](N=Cc1ccccc1C(F)(F)F)c1cccc2ccccc12. The van der Waals surface area contributed by atoms with Crippen LogP contribution in [0.25, 0.3) is 10.8 Å². The fraction of sp³-hybridized carbons (Fsp3) is 0.150.